The summed E-state index contributed by atoms with van der Waals surface area (Å²) in [5.41, 5.74) is 0.606. The van der Waals surface area contributed by atoms with E-state index < -0.39 is 6.10 Å². The molecular formula is C21H33N5O3. The number of nitrogens with zero attached hydrogens (tertiary/aromatic N) is 3. The number of ether oxygens (including phenoxy) is 1. The van der Waals surface area contributed by atoms with Crippen molar-refractivity contribution in [3.8, 4) is 5.75 Å². The van der Waals surface area contributed by atoms with Gasteiger partial charge in [-0.05, 0) is 38.5 Å². The van der Waals surface area contributed by atoms with E-state index in [0.29, 0.717) is 30.8 Å². The van der Waals surface area contributed by atoms with Crippen LogP contribution in [0.3, 0.4) is 0 Å². The summed E-state index contributed by atoms with van der Waals surface area (Å²) in [5, 5.41) is 20.7. The lowest BCUT2D eigenvalue weighted by molar-refractivity contribution is 0.180. The number of hydrogen-bond donors (Lipinski definition) is 3. The molecule has 0 saturated heterocycles. The van der Waals surface area contributed by atoms with Crippen molar-refractivity contribution in [1.82, 2.24) is 20.8 Å². The molecule has 8 heteroatoms. The lowest BCUT2D eigenvalue weighted by atomic mass is 9.97. The zero-order valence-electron chi connectivity index (χ0n) is 18.2. The Kier molecular flexibility index (Phi) is 8.01. The number of aliphatic hydroxyl groups is 1. The van der Waals surface area contributed by atoms with E-state index in [4.69, 9.17) is 9.26 Å². The van der Waals surface area contributed by atoms with E-state index in [-0.39, 0.29) is 18.1 Å². The number of hydrogen-bond acceptors (Lipinski definition) is 6. The van der Waals surface area contributed by atoms with Crippen LogP contribution in [0.1, 0.15) is 64.9 Å². The van der Waals surface area contributed by atoms with Gasteiger partial charge in [0.2, 0.25) is 5.89 Å². The molecule has 0 spiro atoms. The highest BCUT2D eigenvalue weighted by molar-refractivity contribution is 5.79. The summed E-state index contributed by atoms with van der Waals surface area (Å²) < 4.78 is 10.9. The molecule has 8 nitrogen and oxygen atoms in total. The summed E-state index contributed by atoms with van der Waals surface area (Å²) in [6.45, 7) is 13.3. The maximum absolute atomic E-state index is 10.5. The molecule has 0 aliphatic heterocycles. The number of aliphatic hydroxyl groups excluding tert-OH is 1. The van der Waals surface area contributed by atoms with E-state index in [1.54, 1.807) is 0 Å². The minimum Gasteiger partial charge on any atom is -0.491 e. The van der Waals surface area contributed by atoms with Crippen molar-refractivity contribution in [3.05, 3.63) is 41.5 Å². The molecule has 0 aliphatic carbocycles. The van der Waals surface area contributed by atoms with Crippen LogP contribution in [0.5, 0.6) is 5.75 Å². The molecule has 29 heavy (non-hydrogen) atoms. The molecule has 160 valence electrons. The van der Waals surface area contributed by atoms with Crippen LogP contribution in [0.15, 0.2) is 33.8 Å². The topological polar surface area (TPSA) is 105 Å². The first-order valence-corrected chi connectivity index (χ1v) is 9.99. The molecule has 1 atom stereocenters. The fraction of sp³-hybridized carbons (Fsp3) is 0.571. The van der Waals surface area contributed by atoms with Gasteiger partial charge < -0.3 is 25.0 Å². The summed E-state index contributed by atoms with van der Waals surface area (Å²) >= 11 is 0. The molecule has 1 unspecified atom stereocenters. The van der Waals surface area contributed by atoms with Gasteiger partial charge in [-0.1, -0.05) is 38.1 Å². The monoisotopic (exact) mass is 403 g/mol. The molecule has 2 aromatic rings. The SMILES string of the molecule is CCNC(=NCc1noc(C(C)(C)C)n1)NCC(O)c1ccc(OC(C)C)cc1. The number of aliphatic imine (C=N–C) groups is 1. The summed E-state index contributed by atoms with van der Waals surface area (Å²) in [7, 11) is 0. The van der Waals surface area contributed by atoms with Crippen LogP contribution in [-0.2, 0) is 12.0 Å². The first kappa shape index (κ1) is 22.7. The van der Waals surface area contributed by atoms with Crippen LogP contribution in [0.25, 0.3) is 0 Å². The van der Waals surface area contributed by atoms with Crippen molar-refractivity contribution in [2.75, 3.05) is 13.1 Å². The van der Waals surface area contributed by atoms with Crippen LogP contribution in [-0.4, -0.2) is 40.4 Å². The maximum atomic E-state index is 10.5. The van der Waals surface area contributed by atoms with Crippen LogP contribution < -0.4 is 15.4 Å². The van der Waals surface area contributed by atoms with Gasteiger partial charge in [0, 0.05) is 18.5 Å². The first-order chi connectivity index (χ1) is 13.7. The summed E-state index contributed by atoms with van der Waals surface area (Å²) in [6, 6.07) is 7.45. The molecule has 1 heterocycles. The Hall–Kier alpha value is -2.61. The van der Waals surface area contributed by atoms with E-state index >= 15 is 0 Å². The van der Waals surface area contributed by atoms with Gasteiger partial charge in [0.15, 0.2) is 11.8 Å². The lowest BCUT2D eigenvalue weighted by Gasteiger charge is -2.16. The molecule has 0 bridgehead atoms. The zero-order chi connectivity index (χ0) is 21.4. The Morgan fingerprint density at radius 2 is 1.90 bits per heavy atom. The molecule has 3 N–H and O–H groups in total. The van der Waals surface area contributed by atoms with Crippen LogP contribution in [0, 0.1) is 0 Å². The molecular weight excluding hydrogens is 370 g/mol. The van der Waals surface area contributed by atoms with E-state index in [1.807, 2.05) is 65.8 Å². The second kappa shape index (κ2) is 10.2. The summed E-state index contributed by atoms with van der Waals surface area (Å²) in [4.78, 5) is 8.85. The Balaban J connectivity index is 1.94. The Morgan fingerprint density at radius 3 is 2.45 bits per heavy atom. The molecule has 0 aliphatic rings. The quantitative estimate of drug-likeness (QED) is 0.460. The fourth-order valence-corrected chi connectivity index (χ4v) is 2.47. The normalized spacial score (nSPS) is 13.4. The van der Waals surface area contributed by atoms with E-state index in [0.717, 1.165) is 11.3 Å². The molecule has 1 aromatic heterocycles. The fourth-order valence-electron chi connectivity index (χ4n) is 2.47. The van der Waals surface area contributed by atoms with Crippen molar-refractivity contribution in [1.29, 1.82) is 0 Å². The van der Waals surface area contributed by atoms with Crippen molar-refractivity contribution in [3.63, 3.8) is 0 Å². The average Bonchev–Trinajstić information content (AvgIpc) is 3.13. The van der Waals surface area contributed by atoms with Crippen molar-refractivity contribution in [2.45, 2.75) is 65.7 Å². The van der Waals surface area contributed by atoms with Crippen LogP contribution in [0.4, 0.5) is 0 Å². The van der Waals surface area contributed by atoms with Gasteiger partial charge >= 0.3 is 0 Å². The van der Waals surface area contributed by atoms with E-state index in [1.165, 1.54) is 0 Å². The summed E-state index contributed by atoms with van der Waals surface area (Å²) in [5.74, 6) is 2.47. The average molecular weight is 404 g/mol. The molecule has 0 radical (unpaired) electrons. The largest absolute Gasteiger partial charge is 0.491 e. The number of guanidine groups is 1. The van der Waals surface area contributed by atoms with Gasteiger partial charge in [-0.15, -0.1) is 0 Å². The first-order valence-electron chi connectivity index (χ1n) is 9.99. The number of benzene rings is 1. The van der Waals surface area contributed by atoms with Gasteiger partial charge in [0.1, 0.15) is 12.3 Å². The van der Waals surface area contributed by atoms with Crippen LogP contribution in [0.2, 0.25) is 0 Å². The maximum Gasteiger partial charge on any atom is 0.232 e. The van der Waals surface area contributed by atoms with Gasteiger partial charge in [-0.2, -0.15) is 4.98 Å². The highest BCUT2D eigenvalue weighted by atomic mass is 16.5. The van der Waals surface area contributed by atoms with Crippen molar-refractivity contribution in [2.24, 2.45) is 4.99 Å². The van der Waals surface area contributed by atoms with Gasteiger partial charge in [-0.3, -0.25) is 0 Å². The van der Waals surface area contributed by atoms with E-state index in [2.05, 4.69) is 25.8 Å². The Labute approximate surface area is 172 Å². The molecule has 1 aromatic carbocycles. The van der Waals surface area contributed by atoms with Gasteiger partial charge in [-0.25, -0.2) is 4.99 Å². The lowest BCUT2D eigenvalue weighted by Crippen LogP contribution is -2.39. The van der Waals surface area contributed by atoms with Gasteiger partial charge in [0.25, 0.3) is 0 Å². The standard InChI is InChI=1S/C21H33N5O3/c1-7-22-20(24-13-18-25-19(29-26-18)21(4,5)6)23-12-17(27)15-8-10-16(11-9-15)28-14(2)3/h8-11,14,17,27H,7,12-13H2,1-6H3,(H2,22,23,24). The highest BCUT2D eigenvalue weighted by Crippen LogP contribution is 2.20. The third-order valence-electron chi connectivity index (χ3n) is 3.93. The second-order valence-electron chi connectivity index (χ2n) is 8.09. The molecule has 0 amide bonds. The predicted molar refractivity (Wildman–Crippen MR) is 113 cm³/mol. The Bertz CT molecular complexity index is 778. The van der Waals surface area contributed by atoms with E-state index in [9.17, 15) is 5.11 Å². The minimum atomic E-state index is -0.676. The van der Waals surface area contributed by atoms with Crippen molar-refractivity contribution < 1.29 is 14.4 Å². The molecule has 0 fully saturated rings. The second-order valence-corrected chi connectivity index (χ2v) is 8.09. The number of rotatable bonds is 8. The molecule has 0 saturated carbocycles. The summed E-state index contributed by atoms with van der Waals surface area (Å²) in [6.07, 6.45) is -0.561. The third-order valence-corrected chi connectivity index (χ3v) is 3.93. The third kappa shape index (κ3) is 7.38. The van der Waals surface area contributed by atoms with Gasteiger partial charge in [0.05, 0.1) is 12.2 Å². The van der Waals surface area contributed by atoms with Crippen LogP contribution >= 0.6 is 0 Å². The number of nitrogens with one attached hydrogen (secondary N) is 2. The Morgan fingerprint density at radius 1 is 1.21 bits per heavy atom. The smallest absolute Gasteiger partial charge is 0.232 e. The van der Waals surface area contributed by atoms with Crippen molar-refractivity contribution >= 4 is 5.96 Å². The molecule has 2 rings (SSSR count). The number of aromatic nitrogens is 2. The predicted octanol–water partition coefficient (Wildman–Crippen LogP) is 2.94. The highest BCUT2D eigenvalue weighted by Gasteiger charge is 2.21. The zero-order valence-corrected chi connectivity index (χ0v) is 18.2. The minimum absolute atomic E-state index is 0.116.